The Labute approximate surface area is 125 Å². The minimum atomic E-state index is -0.676. The molecule has 5 heteroatoms. The van der Waals surface area contributed by atoms with Gasteiger partial charge in [-0.05, 0) is 36.4 Å². The van der Waals surface area contributed by atoms with Crippen molar-refractivity contribution in [1.82, 2.24) is 4.98 Å². The molecule has 2 N–H and O–H groups in total. The third kappa shape index (κ3) is 2.30. The summed E-state index contributed by atoms with van der Waals surface area (Å²) in [6.07, 6.45) is 1.43. The number of H-pyrrole nitrogens is 1. The first-order valence-electron chi connectivity index (χ1n) is 6.21. The molecule has 0 unspecified atom stereocenters. The Balaban J connectivity index is 2.04. The molecule has 0 aliphatic heterocycles. The van der Waals surface area contributed by atoms with E-state index in [0.717, 1.165) is 0 Å². The molecule has 0 spiro atoms. The van der Waals surface area contributed by atoms with E-state index in [-0.39, 0.29) is 16.9 Å². The summed E-state index contributed by atoms with van der Waals surface area (Å²) in [5.41, 5.74) is 1.01. The summed E-state index contributed by atoms with van der Waals surface area (Å²) in [5.74, 6) is -1.36. The number of fused-ring (bicyclic) bond motifs is 1. The molecular formula is C16H10ClNO3. The van der Waals surface area contributed by atoms with Gasteiger partial charge in [0, 0.05) is 22.3 Å². The number of rotatable bonds is 3. The van der Waals surface area contributed by atoms with E-state index in [0.29, 0.717) is 15.9 Å². The van der Waals surface area contributed by atoms with Crippen LogP contribution in [-0.2, 0) is 0 Å². The second kappa shape index (κ2) is 5.07. The van der Waals surface area contributed by atoms with E-state index in [2.05, 4.69) is 4.98 Å². The average Bonchev–Trinajstić information content (AvgIpc) is 2.92. The van der Waals surface area contributed by atoms with Crippen LogP contribution < -0.4 is 0 Å². The monoisotopic (exact) mass is 299 g/mol. The average molecular weight is 300 g/mol. The fourth-order valence-corrected chi connectivity index (χ4v) is 2.33. The Hall–Kier alpha value is -2.59. The highest BCUT2D eigenvalue weighted by molar-refractivity contribution is 6.51. The van der Waals surface area contributed by atoms with Crippen LogP contribution in [0.15, 0.2) is 48.7 Å². The Morgan fingerprint density at radius 3 is 2.43 bits per heavy atom. The first-order valence-corrected chi connectivity index (χ1v) is 6.59. The van der Waals surface area contributed by atoms with Crippen molar-refractivity contribution in [3.63, 3.8) is 0 Å². The van der Waals surface area contributed by atoms with E-state index < -0.39 is 11.6 Å². The van der Waals surface area contributed by atoms with E-state index in [1.165, 1.54) is 24.4 Å². The number of aromatic nitrogens is 1. The van der Waals surface area contributed by atoms with E-state index in [9.17, 15) is 14.7 Å². The van der Waals surface area contributed by atoms with Crippen molar-refractivity contribution in [3.05, 3.63) is 64.8 Å². The zero-order chi connectivity index (χ0) is 15.0. The highest BCUT2D eigenvalue weighted by Crippen LogP contribution is 2.28. The zero-order valence-corrected chi connectivity index (χ0v) is 11.5. The fourth-order valence-electron chi connectivity index (χ4n) is 2.20. The van der Waals surface area contributed by atoms with Crippen molar-refractivity contribution in [2.45, 2.75) is 0 Å². The van der Waals surface area contributed by atoms with Crippen LogP contribution in [0.25, 0.3) is 10.9 Å². The molecule has 2 aromatic carbocycles. The van der Waals surface area contributed by atoms with Gasteiger partial charge in [0.15, 0.2) is 0 Å². The number of carbonyl (C=O) groups is 2. The number of benzene rings is 2. The lowest BCUT2D eigenvalue weighted by molar-refractivity contribution is 0.0818. The van der Waals surface area contributed by atoms with Crippen LogP contribution in [0.5, 0.6) is 5.75 Å². The predicted molar refractivity (Wildman–Crippen MR) is 80.1 cm³/mol. The summed E-state index contributed by atoms with van der Waals surface area (Å²) >= 11 is 5.76. The Morgan fingerprint density at radius 2 is 1.71 bits per heavy atom. The van der Waals surface area contributed by atoms with Crippen LogP contribution >= 0.6 is 11.6 Å². The lowest BCUT2D eigenvalue weighted by Crippen LogP contribution is -2.14. The fraction of sp³-hybridized carbons (Fsp3) is 0. The number of phenolic OH excluding ortho intramolecular Hbond substituents is 1. The summed E-state index contributed by atoms with van der Waals surface area (Å²) in [7, 11) is 0. The molecule has 3 aromatic rings. The Morgan fingerprint density at radius 1 is 1.00 bits per heavy atom. The molecule has 0 saturated heterocycles. The predicted octanol–water partition coefficient (Wildman–Crippen LogP) is 3.59. The molecule has 0 fully saturated rings. The van der Waals surface area contributed by atoms with Gasteiger partial charge in [0.2, 0.25) is 11.6 Å². The third-order valence-corrected chi connectivity index (χ3v) is 3.49. The first-order chi connectivity index (χ1) is 10.1. The zero-order valence-electron chi connectivity index (χ0n) is 10.8. The molecule has 1 aromatic heterocycles. The van der Waals surface area contributed by atoms with Crippen LogP contribution in [0, 0.1) is 0 Å². The van der Waals surface area contributed by atoms with Gasteiger partial charge in [-0.15, -0.1) is 0 Å². The molecule has 0 amide bonds. The number of halogens is 1. The van der Waals surface area contributed by atoms with Crippen LogP contribution in [0.4, 0.5) is 0 Å². The Kier molecular flexibility index (Phi) is 3.23. The maximum atomic E-state index is 12.3. The van der Waals surface area contributed by atoms with Gasteiger partial charge in [-0.25, -0.2) is 0 Å². The molecule has 1 heterocycles. The number of hydrogen-bond donors (Lipinski definition) is 2. The number of carbonyl (C=O) groups excluding carboxylic acids is 2. The van der Waals surface area contributed by atoms with Gasteiger partial charge in [-0.3, -0.25) is 9.59 Å². The van der Waals surface area contributed by atoms with Crippen LogP contribution in [0.2, 0.25) is 5.02 Å². The van der Waals surface area contributed by atoms with Crippen molar-refractivity contribution < 1.29 is 14.7 Å². The number of nitrogens with one attached hydrogen (secondary N) is 1. The number of Topliss-reactive ketones (excluding diaryl/α,β-unsaturated/α-hetero) is 2. The highest BCUT2D eigenvalue weighted by atomic mass is 35.5. The maximum Gasteiger partial charge on any atom is 0.235 e. The minimum absolute atomic E-state index is 0.0407. The molecule has 0 bridgehead atoms. The normalized spacial score (nSPS) is 10.7. The molecule has 0 radical (unpaired) electrons. The van der Waals surface area contributed by atoms with Crippen molar-refractivity contribution in [3.8, 4) is 5.75 Å². The number of hydrogen-bond acceptors (Lipinski definition) is 3. The number of ketones is 2. The first kappa shape index (κ1) is 13.4. The molecule has 0 aliphatic carbocycles. The van der Waals surface area contributed by atoms with Gasteiger partial charge in [-0.2, -0.15) is 0 Å². The quantitative estimate of drug-likeness (QED) is 0.573. The van der Waals surface area contributed by atoms with E-state index >= 15 is 0 Å². The minimum Gasteiger partial charge on any atom is -0.507 e. The van der Waals surface area contributed by atoms with Gasteiger partial charge in [-0.1, -0.05) is 17.7 Å². The van der Waals surface area contributed by atoms with Crippen LogP contribution in [0.3, 0.4) is 0 Å². The summed E-state index contributed by atoms with van der Waals surface area (Å²) in [6, 6.07) is 10.9. The molecular weight excluding hydrogens is 290 g/mol. The van der Waals surface area contributed by atoms with Crippen LogP contribution in [-0.4, -0.2) is 21.7 Å². The lowest BCUT2D eigenvalue weighted by atomic mass is 10.0. The molecule has 4 nitrogen and oxygen atoms in total. The largest absolute Gasteiger partial charge is 0.507 e. The summed E-state index contributed by atoms with van der Waals surface area (Å²) in [6.45, 7) is 0. The van der Waals surface area contributed by atoms with Gasteiger partial charge in [0.05, 0.1) is 10.9 Å². The maximum absolute atomic E-state index is 12.3. The summed E-state index contributed by atoms with van der Waals surface area (Å²) < 4.78 is 0. The summed E-state index contributed by atoms with van der Waals surface area (Å²) in [4.78, 5) is 27.4. The van der Waals surface area contributed by atoms with E-state index in [4.69, 9.17) is 11.6 Å². The second-order valence-electron chi connectivity index (χ2n) is 4.57. The number of phenols is 1. The third-order valence-electron chi connectivity index (χ3n) is 3.24. The molecule has 104 valence electrons. The molecule has 3 rings (SSSR count). The van der Waals surface area contributed by atoms with Gasteiger partial charge in [0.1, 0.15) is 5.75 Å². The van der Waals surface area contributed by atoms with Crippen molar-refractivity contribution in [2.75, 3.05) is 0 Å². The second-order valence-corrected chi connectivity index (χ2v) is 5.00. The van der Waals surface area contributed by atoms with Gasteiger partial charge < -0.3 is 10.1 Å². The molecule has 0 atom stereocenters. The van der Waals surface area contributed by atoms with Gasteiger partial charge >= 0.3 is 0 Å². The van der Waals surface area contributed by atoms with Crippen molar-refractivity contribution in [2.24, 2.45) is 0 Å². The molecule has 0 saturated carbocycles. The summed E-state index contributed by atoms with van der Waals surface area (Å²) in [5, 5.41) is 10.7. The molecule has 21 heavy (non-hydrogen) atoms. The number of aromatic hydroxyl groups is 1. The van der Waals surface area contributed by atoms with Crippen molar-refractivity contribution in [1.29, 1.82) is 0 Å². The van der Waals surface area contributed by atoms with E-state index in [1.807, 2.05) is 0 Å². The standard InChI is InChI=1S/C16H10ClNO3/c17-10-6-4-9(5-7-10)15(20)16(21)11-8-18-12-2-1-3-13(19)14(11)12/h1-8,18-19H. The van der Waals surface area contributed by atoms with E-state index in [1.54, 1.807) is 24.3 Å². The Bertz CT molecular complexity index is 850. The van der Waals surface area contributed by atoms with Crippen LogP contribution in [0.1, 0.15) is 20.7 Å². The number of aromatic amines is 1. The lowest BCUT2D eigenvalue weighted by Gasteiger charge is -2.01. The smallest absolute Gasteiger partial charge is 0.235 e. The van der Waals surface area contributed by atoms with Crippen molar-refractivity contribution >= 4 is 34.1 Å². The molecule has 0 aliphatic rings. The topological polar surface area (TPSA) is 70.2 Å². The highest BCUT2D eigenvalue weighted by Gasteiger charge is 2.22. The van der Waals surface area contributed by atoms with Gasteiger partial charge in [0.25, 0.3) is 0 Å². The SMILES string of the molecule is O=C(C(=O)c1c[nH]c2cccc(O)c12)c1ccc(Cl)cc1.